The van der Waals surface area contributed by atoms with Crippen molar-refractivity contribution in [1.29, 1.82) is 0 Å². The maximum Gasteiger partial charge on any atom is 0.177 e. The summed E-state index contributed by atoms with van der Waals surface area (Å²) in [7, 11) is 0. The van der Waals surface area contributed by atoms with Gasteiger partial charge in [0.2, 0.25) is 0 Å². The van der Waals surface area contributed by atoms with E-state index in [0.29, 0.717) is 6.42 Å². The van der Waals surface area contributed by atoms with Crippen molar-refractivity contribution >= 4 is 11.3 Å². The van der Waals surface area contributed by atoms with Crippen molar-refractivity contribution in [1.82, 2.24) is 19.8 Å². The first kappa shape index (κ1) is 9.77. The van der Waals surface area contributed by atoms with Gasteiger partial charge >= 0.3 is 0 Å². The van der Waals surface area contributed by atoms with Crippen LogP contribution in [-0.2, 0) is 6.42 Å². The first-order chi connectivity index (χ1) is 8.33. The lowest BCUT2D eigenvalue weighted by Crippen LogP contribution is -1.99. The van der Waals surface area contributed by atoms with E-state index in [1.54, 1.807) is 10.7 Å². The van der Waals surface area contributed by atoms with E-state index < -0.39 is 0 Å². The average Bonchev–Trinajstić information content (AvgIpc) is 2.73. The maximum atomic E-state index is 5.74. The summed E-state index contributed by atoms with van der Waals surface area (Å²) in [6, 6.07) is 11.5. The van der Waals surface area contributed by atoms with Crippen LogP contribution in [0.25, 0.3) is 5.65 Å². The molecule has 0 fully saturated rings. The number of benzene rings is 1. The third-order valence-corrected chi connectivity index (χ3v) is 2.56. The highest BCUT2D eigenvalue weighted by molar-refractivity contribution is 5.42. The van der Waals surface area contributed by atoms with Gasteiger partial charge < -0.3 is 5.73 Å². The molecule has 0 saturated heterocycles. The van der Waals surface area contributed by atoms with E-state index in [4.69, 9.17) is 5.73 Å². The molecular weight excluding hydrogens is 214 g/mol. The highest BCUT2D eigenvalue weighted by atomic mass is 15.4. The summed E-state index contributed by atoms with van der Waals surface area (Å²) in [6.07, 6.45) is 2.39. The zero-order chi connectivity index (χ0) is 11.7. The molecule has 3 aromatic rings. The fourth-order valence-electron chi connectivity index (χ4n) is 1.79. The number of aromatic nitrogens is 4. The minimum absolute atomic E-state index is 0.670. The minimum Gasteiger partial charge on any atom is -0.399 e. The van der Waals surface area contributed by atoms with Crippen LogP contribution in [0.4, 0.5) is 5.69 Å². The van der Waals surface area contributed by atoms with Gasteiger partial charge in [0.1, 0.15) is 0 Å². The van der Waals surface area contributed by atoms with Crippen molar-refractivity contribution in [3.63, 3.8) is 0 Å². The Bertz CT molecular complexity index is 659. The van der Waals surface area contributed by atoms with E-state index in [0.717, 1.165) is 22.7 Å². The molecule has 0 aliphatic heterocycles. The molecule has 1 aromatic carbocycles. The number of fused-ring (bicyclic) bond motifs is 1. The lowest BCUT2D eigenvalue weighted by atomic mass is 10.1. The molecule has 0 aliphatic carbocycles. The van der Waals surface area contributed by atoms with E-state index in [9.17, 15) is 0 Å². The Labute approximate surface area is 97.9 Å². The van der Waals surface area contributed by atoms with Gasteiger partial charge in [-0.2, -0.15) is 9.61 Å². The van der Waals surface area contributed by atoms with Gasteiger partial charge in [-0.1, -0.05) is 12.1 Å². The molecule has 0 radical (unpaired) electrons. The van der Waals surface area contributed by atoms with Crippen LogP contribution in [0.5, 0.6) is 0 Å². The summed E-state index contributed by atoms with van der Waals surface area (Å²) in [6.45, 7) is 0. The molecule has 0 unspecified atom stereocenters. The second kappa shape index (κ2) is 3.86. The van der Waals surface area contributed by atoms with E-state index in [1.807, 2.05) is 36.4 Å². The van der Waals surface area contributed by atoms with Crippen molar-refractivity contribution < 1.29 is 0 Å². The van der Waals surface area contributed by atoms with Crippen LogP contribution in [0.2, 0.25) is 0 Å². The minimum atomic E-state index is 0.670. The molecule has 3 rings (SSSR count). The van der Waals surface area contributed by atoms with E-state index in [1.165, 1.54) is 0 Å². The van der Waals surface area contributed by atoms with Crippen LogP contribution in [0.3, 0.4) is 0 Å². The summed E-state index contributed by atoms with van der Waals surface area (Å²) in [5, 5.41) is 12.4. The lowest BCUT2D eigenvalue weighted by molar-refractivity contribution is 0.838. The van der Waals surface area contributed by atoms with Crippen molar-refractivity contribution in [3.8, 4) is 0 Å². The second-order valence-electron chi connectivity index (χ2n) is 3.83. The number of nitrogen functional groups attached to an aromatic ring is 1. The highest BCUT2D eigenvalue weighted by Gasteiger charge is 2.06. The van der Waals surface area contributed by atoms with Crippen molar-refractivity contribution in [2.45, 2.75) is 6.42 Å². The standard InChI is InChI=1S/C12H11N5/c13-10-4-1-3-9(7-10)8-12-16-15-11-5-2-6-14-17(11)12/h1-7H,8,13H2. The fraction of sp³-hybridized carbons (Fsp3) is 0.0833. The van der Waals surface area contributed by atoms with Crippen LogP contribution < -0.4 is 5.73 Å². The van der Waals surface area contributed by atoms with Crippen LogP contribution in [0, 0.1) is 0 Å². The summed E-state index contributed by atoms with van der Waals surface area (Å²) in [5.74, 6) is 0.811. The van der Waals surface area contributed by atoms with Gasteiger partial charge in [0.05, 0.1) is 0 Å². The first-order valence-electron chi connectivity index (χ1n) is 5.33. The Morgan fingerprint density at radius 1 is 1.12 bits per heavy atom. The third kappa shape index (κ3) is 1.82. The zero-order valence-corrected chi connectivity index (χ0v) is 9.11. The SMILES string of the molecule is Nc1cccc(Cc2nnc3cccnn23)c1. The van der Waals surface area contributed by atoms with Gasteiger partial charge in [-0.25, -0.2) is 0 Å². The first-order valence-corrected chi connectivity index (χ1v) is 5.33. The molecule has 2 heterocycles. The van der Waals surface area contributed by atoms with Gasteiger partial charge in [0.25, 0.3) is 0 Å². The molecule has 0 spiro atoms. The largest absolute Gasteiger partial charge is 0.399 e. The smallest absolute Gasteiger partial charge is 0.177 e. The normalized spacial score (nSPS) is 10.8. The van der Waals surface area contributed by atoms with Crippen molar-refractivity contribution in [2.75, 3.05) is 5.73 Å². The van der Waals surface area contributed by atoms with Gasteiger partial charge in [0, 0.05) is 18.3 Å². The fourth-order valence-corrected chi connectivity index (χ4v) is 1.79. The summed E-state index contributed by atoms with van der Waals surface area (Å²) in [5.41, 5.74) is 8.35. The Kier molecular flexibility index (Phi) is 2.22. The van der Waals surface area contributed by atoms with Gasteiger partial charge in [0.15, 0.2) is 11.5 Å². The molecule has 0 saturated carbocycles. The number of rotatable bonds is 2. The van der Waals surface area contributed by atoms with Gasteiger partial charge in [-0.3, -0.25) is 0 Å². The summed E-state index contributed by atoms with van der Waals surface area (Å²) >= 11 is 0. The Balaban J connectivity index is 2.00. The van der Waals surface area contributed by atoms with Crippen LogP contribution in [0.15, 0.2) is 42.6 Å². The summed E-state index contributed by atoms with van der Waals surface area (Å²) in [4.78, 5) is 0. The third-order valence-electron chi connectivity index (χ3n) is 2.56. The van der Waals surface area contributed by atoms with Crippen molar-refractivity contribution in [2.24, 2.45) is 0 Å². The molecule has 2 aromatic heterocycles. The average molecular weight is 225 g/mol. The molecule has 0 amide bonds. The Morgan fingerprint density at radius 3 is 2.94 bits per heavy atom. The Hall–Kier alpha value is -2.43. The predicted octanol–water partition coefficient (Wildman–Crippen LogP) is 1.30. The topological polar surface area (TPSA) is 69.1 Å². The number of nitrogens with zero attached hydrogens (tertiary/aromatic N) is 4. The highest BCUT2D eigenvalue weighted by Crippen LogP contribution is 2.11. The Morgan fingerprint density at radius 2 is 2.06 bits per heavy atom. The molecule has 0 bridgehead atoms. The van der Waals surface area contributed by atoms with Crippen LogP contribution >= 0.6 is 0 Å². The van der Waals surface area contributed by atoms with Crippen LogP contribution in [0.1, 0.15) is 11.4 Å². The van der Waals surface area contributed by atoms with Crippen LogP contribution in [-0.4, -0.2) is 19.8 Å². The lowest BCUT2D eigenvalue weighted by Gasteiger charge is -2.00. The molecule has 5 nitrogen and oxygen atoms in total. The molecule has 84 valence electrons. The zero-order valence-electron chi connectivity index (χ0n) is 9.11. The van der Waals surface area contributed by atoms with E-state index in [2.05, 4.69) is 15.3 Å². The molecule has 0 atom stereocenters. The van der Waals surface area contributed by atoms with E-state index >= 15 is 0 Å². The van der Waals surface area contributed by atoms with Gasteiger partial charge in [-0.05, 0) is 29.8 Å². The van der Waals surface area contributed by atoms with Crippen molar-refractivity contribution in [3.05, 3.63) is 54.0 Å². The number of anilines is 1. The molecule has 17 heavy (non-hydrogen) atoms. The monoisotopic (exact) mass is 225 g/mol. The number of hydrogen-bond acceptors (Lipinski definition) is 4. The predicted molar refractivity (Wildman–Crippen MR) is 64.4 cm³/mol. The van der Waals surface area contributed by atoms with E-state index in [-0.39, 0.29) is 0 Å². The van der Waals surface area contributed by atoms with Gasteiger partial charge in [-0.15, -0.1) is 10.2 Å². The molecule has 0 aliphatic rings. The maximum absolute atomic E-state index is 5.74. The molecule has 2 N–H and O–H groups in total. The summed E-state index contributed by atoms with van der Waals surface area (Å²) < 4.78 is 1.74. The number of hydrogen-bond donors (Lipinski definition) is 1. The second-order valence-corrected chi connectivity index (χ2v) is 3.83. The molecular formula is C12H11N5. The number of nitrogens with two attached hydrogens (primary N) is 1. The quantitative estimate of drug-likeness (QED) is 0.667. The molecule has 5 heteroatoms.